The lowest BCUT2D eigenvalue weighted by Crippen LogP contribution is -2.06. The fraction of sp³-hybridized carbons (Fsp3) is 0.250. The fourth-order valence-electron chi connectivity index (χ4n) is 0.376. The summed E-state index contributed by atoms with van der Waals surface area (Å²) in [6.45, 7) is 11.2. The molecule has 9 heavy (non-hydrogen) atoms. The molecule has 0 rings (SSSR count). The molecule has 0 amide bonds. The Morgan fingerprint density at radius 3 is 2.44 bits per heavy atom. The molecule has 0 spiro atoms. The molecule has 0 fully saturated rings. The number of nitrogens with one attached hydrogen (secondary N) is 1. The van der Waals surface area contributed by atoms with E-state index < -0.39 is 0 Å². The summed E-state index contributed by atoms with van der Waals surface area (Å²) in [6.07, 6.45) is 3.67. The molecule has 0 saturated heterocycles. The first-order chi connectivity index (χ1) is 4.20. The molecule has 0 aromatic carbocycles. The minimum atomic E-state index is 0.839. The summed E-state index contributed by atoms with van der Waals surface area (Å²) in [5.41, 5.74) is 1.94. The van der Waals surface area contributed by atoms with Gasteiger partial charge >= 0.3 is 0 Å². The Balaban J connectivity index is 3.74. The van der Waals surface area contributed by atoms with Gasteiger partial charge in [0, 0.05) is 11.4 Å². The van der Waals surface area contributed by atoms with E-state index in [1.165, 1.54) is 0 Å². The Hall–Kier alpha value is -0.980. The van der Waals surface area contributed by atoms with Crippen molar-refractivity contribution < 1.29 is 0 Å². The SMILES string of the molecule is C=CC(=C)N/C(C)=C/C. The van der Waals surface area contributed by atoms with Crippen molar-refractivity contribution in [2.75, 3.05) is 0 Å². The largest absolute Gasteiger partial charge is 0.360 e. The minimum Gasteiger partial charge on any atom is -0.360 e. The van der Waals surface area contributed by atoms with E-state index in [0.717, 1.165) is 11.4 Å². The molecule has 0 aliphatic carbocycles. The van der Waals surface area contributed by atoms with Gasteiger partial charge < -0.3 is 5.32 Å². The Morgan fingerprint density at radius 2 is 2.11 bits per heavy atom. The first-order valence-electron chi connectivity index (χ1n) is 2.92. The monoisotopic (exact) mass is 123 g/mol. The maximum atomic E-state index is 3.69. The molecule has 0 bridgehead atoms. The van der Waals surface area contributed by atoms with E-state index in [1.807, 2.05) is 19.9 Å². The molecule has 0 aliphatic heterocycles. The summed E-state index contributed by atoms with van der Waals surface area (Å²) >= 11 is 0. The quantitative estimate of drug-likeness (QED) is 0.567. The number of hydrogen-bond acceptors (Lipinski definition) is 1. The van der Waals surface area contributed by atoms with Crippen molar-refractivity contribution in [2.24, 2.45) is 0 Å². The van der Waals surface area contributed by atoms with Crippen molar-refractivity contribution in [1.82, 2.24) is 5.32 Å². The third-order valence-corrected chi connectivity index (χ3v) is 1.04. The van der Waals surface area contributed by atoms with Gasteiger partial charge in [-0.3, -0.25) is 0 Å². The van der Waals surface area contributed by atoms with Crippen molar-refractivity contribution in [1.29, 1.82) is 0 Å². The standard InChI is InChI=1S/C8H13N/c1-5-7(3)9-8(4)6-2/h5-6,9H,1,3H2,2,4H3/b8-6+. The van der Waals surface area contributed by atoms with E-state index in [2.05, 4.69) is 18.5 Å². The lowest BCUT2D eigenvalue weighted by molar-refractivity contribution is 1.00. The van der Waals surface area contributed by atoms with Crippen LogP contribution in [0.5, 0.6) is 0 Å². The van der Waals surface area contributed by atoms with Crippen LogP contribution in [-0.2, 0) is 0 Å². The van der Waals surface area contributed by atoms with E-state index >= 15 is 0 Å². The smallest absolute Gasteiger partial charge is 0.0302 e. The van der Waals surface area contributed by atoms with Gasteiger partial charge in [-0.05, 0) is 19.9 Å². The van der Waals surface area contributed by atoms with Gasteiger partial charge in [0.15, 0.2) is 0 Å². The van der Waals surface area contributed by atoms with Crippen LogP contribution >= 0.6 is 0 Å². The van der Waals surface area contributed by atoms with Crippen LogP contribution in [0.4, 0.5) is 0 Å². The normalized spacial score (nSPS) is 10.7. The highest BCUT2D eigenvalue weighted by Crippen LogP contribution is 1.91. The Morgan fingerprint density at radius 1 is 1.56 bits per heavy atom. The van der Waals surface area contributed by atoms with Gasteiger partial charge in [0.05, 0.1) is 0 Å². The van der Waals surface area contributed by atoms with Crippen LogP contribution in [0.1, 0.15) is 13.8 Å². The van der Waals surface area contributed by atoms with Crippen molar-refractivity contribution in [3.05, 3.63) is 36.7 Å². The minimum absolute atomic E-state index is 0.839. The van der Waals surface area contributed by atoms with Gasteiger partial charge in [-0.1, -0.05) is 19.2 Å². The van der Waals surface area contributed by atoms with E-state index in [0.29, 0.717) is 0 Å². The summed E-state index contributed by atoms with van der Waals surface area (Å²) in [7, 11) is 0. The average Bonchev–Trinajstić information content (AvgIpc) is 1.87. The zero-order valence-electron chi connectivity index (χ0n) is 6.07. The molecule has 1 N–H and O–H groups in total. The van der Waals surface area contributed by atoms with Gasteiger partial charge in [0.1, 0.15) is 0 Å². The van der Waals surface area contributed by atoms with Gasteiger partial charge in [0.2, 0.25) is 0 Å². The molecular formula is C8H13N. The maximum Gasteiger partial charge on any atom is 0.0302 e. The molecule has 0 aliphatic rings. The van der Waals surface area contributed by atoms with Crippen LogP contribution in [0.2, 0.25) is 0 Å². The van der Waals surface area contributed by atoms with Gasteiger partial charge in [-0.25, -0.2) is 0 Å². The summed E-state index contributed by atoms with van der Waals surface area (Å²) in [6, 6.07) is 0. The molecule has 0 heterocycles. The van der Waals surface area contributed by atoms with Crippen LogP contribution in [0, 0.1) is 0 Å². The number of hydrogen-bond donors (Lipinski definition) is 1. The first-order valence-corrected chi connectivity index (χ1v) is 2.92. The van der Waals surface area contributed by atoms with E-state index in [4.69, 9.17) is 0 Å². The second kappa shape index (κ2) is 3.96. The van der Waals surface area contributed by atoms with Crippen molar-refractivity contribution in [3.63, 3.8) is 0 Å². The molecule has 1 heteroatoms. The van der Waals surface area contributed by atoms with E-state index in [1.54, 1.807) is 6.08 Å². The number of allylic oxidation sites excluding steroid dienone is 3. The number of rotatable bonds is 3. The zero-order valence-corrected chi connectivity index (χ0v) is 6.07. The van der Waals surface area contributed by atoms with Gasteiger partial charge in [0.25, 0.3) is 0 Å². The second-order valence-electron chi connectivity index (χ2n) is 1.83. The second-order valence-corrected chi connectivity index (χ2v) is 1.83. The summed E-state index contributed by atoms with van der Waals surface area (Å²) in [5.74, 6) is 0. The van der Waals surface area contributed by atoms with Crippen LogP contribution in [-0.4, -0.2) is 0 Å². The Labute approximate surface area is 56.8 Å². The molecule has 0 atom stereocenters. The van der Waals surface area contributed by atoms with Gasteiger partial charge in [-0.15, -0.1) is 0 Å². The first kappa shape index (κ1) is 8.02. The highest BCUT2D eigenvalue weighted by Gasteiger charge is 1.83. The Kier molecular flexibility index (Phi) is 3.52. The molecule has 50 valence electrons. The Bertz CT molecular complexity index is 143. The molecule has 0 aromatic rings. The molecular weight excluding hydrogens is 110 g/mol. The molecule has 1 nitrogen and oxygen atoms in total. The van der Waals surface area contributed by atoms with Crippen LogP contribution in [0.3, 0.4) is 0 Å². The van der Waals surface area contributed by atoms with Gasteiger partial charge in [-0.2, -0.15) is 0 Å². The molecule has 0 unspecified atom stereocenters. The topological polar surface area (TPSA) is 12.0 Å². The summed E-state index contributed by atoms with van der Waals surface area (Å²) in [5, 5.41) is 3.03. The zero-order chi connectivity index (χ0) is 7.28. The van der Waals surface area contributed by atoms with Crippen LogP contribution < -0.4 is 5.32 Å². The van der Waals surface area contributed by atoms with E-state index in [-0.39, 0.29) is 0 Å². The molecule has 0 radical (unpaired) electrons. The van der Waals surface area contributed by atoms with Crippen molar-refractivity contribution >= 4 is 0 Å². The van der Waals surface area contributed by atoms with E-state index in [9.17, 15) is 0 Å². The highest BCUT2D eigenvalue weighted by molar-refractivity contribution is 5.14. The van der Waals surface area contributed by atoms with Crippen LogP contribution in [0.25, 0.3) is 0 Å². The average molecular weight is 123 g/mol. The fourth-order valence-corrected chi connectivity index (χ4v) is 0.376. The lowest BCUT2D eigenvalue weighted by atomic mass is 10.4. The third kappa shape index (κ3) is 3.59. The highest BCUT2D eigenvalue weighted by atomic mass is 14.9. The van der Waals surface area contributed by atoms with Crippen molar-refractivity contribution in [2.45, 2.75) is 13.8 Å². The predicted octanol–water partition coefficient (Wildman–Crippen LogP) is 2.20. The lowest BCUT2D eigenvalue weighted by Gasteiger charge is -2.02. The van der Waals surface area contributed by atoms with Crippen molar-refractivity contribution in [3.8, 4) is 0 Å². The maximum absolute atomic E-state index is 3.69. The summed E-state index contributed by atoms with van der Waals surface area (Å²) < 4.78 is 0. The third-order valence-electron chi connectivity index (χ3n) is 1.04. The predicted molar refractivity (Wildman–Crippen MR) is 41.9 cm³/mol. The molecule has 0 aromatic heterocycles. The van der Waals surface area contributed by atoms with Crippen LogP contribution in [0.15, 0.2) is 36.7 Å². The molecule has 0 saturated carbocycles. The summed E-state index contributed by atoms with van der Waals surface area (Å²) in [4.78, 5) is 0.